The van der Waals surface area contributed by atoms with Crippen LogP contribution in [-0.4, -0.2) is 52.2 Å². The van der Waals surface area contributed by atoms with Crippen LogP contribution in [0.1, 0.15) is 49.0 Å². The molecule has 2 heterocycles. The van der Waals surface area contributed by atoms with Crippen LogP contribution in [0.5, 0.6) is 11.5 Å². The highest BCUT2D eigenvalue weighted by atomic mass is 32.2. The number of ether oxygens (including phenoxy) is 2. The lowest BCUT2D eigenvalue weighted by molar-refractivity contribution is -0.129. The SMILES string of the molecule is COc1ccc(OC)c([C@H]2CCCN2C(=O)CSc2nnc(C3CC3)n2N)c1. The first-order chi connectivity index (χ1) is 13.6. The van der Waals surface area contributed by atoms with E-state index >= 15 is 0 Å². The van der Waals surface area contributed by atoms with Crippen molar-refractivity contribution in [1.29, 1.82) is 0 Å². The number of amides is 1. The van der Waals surface area contributed by atoms with E-state index in [0.717, 1.165) is 55.1 Å². The van der Waals surface area contributed by atoms with E-state index in [-0.39, 0.29) is 17.7 Å². The van der Waals surface area contributed by atoms with E-state index < -0.39 is 0 Å². The number of aromatic nitrogens is 3. The van der Waals surface area contributed by atoms with E-state index in [2.05, 4.69) is 10.2 Å². The Morgan fingerprint density at radius 3 is 2.79 bits per heavy atom. The zero-order chi connectivity index (χ0) is 19.7. The first-order valence-electron chi connectivity index (χ1n) is 9.47. The van der Waals surface area contributed by atoms with Gasteiger partial charge < -0.3 is 20.2 Å². The van der Waals surface area contributed by atoms with Crippen LogP contribution >= 0.6 is 11.8 Å². The molecule has 4 rings (SSSR count). The normalized spacial score (nSPS) is 19.1. The van der Waals surface area contributed by atoms with Gasteiger partial charge >= 0.3 is 0 Å². The number of nitrogens with two attached hydrogens (primary N) is 1. The predicted molar refractivity (Wildman–Crippen MR) is 106 cm³/mol. The lowest BCUT2D eigenvalue weighted by Gasteiger charge is -2.26. The van der Waals surface area contributed by atoms with Crippen LogP contribution in [0, 0.1) is 0 Å². The van der Waals surface area contributed by atoms with Gasteiger partial charge in [0, 0.05) is 18.0 Å². The summed E-state index contributed by atoms with van der Waals surface area (Å²) in [5, 5.41) is 8.90. The van der Waals surface area contributed by atoms with E-state index in [1.54, 1.807) is 14.2 Å². The first kappa shape index (κ1) is 18.9. The van der Waals surface area contributed by atoms with Crippen LogP contribution in [0.25, 0.3) is 0 Å². The summed E-state index contributed by atoms with van der Waals surface area (Å²) in [4.78, 5) is 14.9. The van der Waals surface area contributed by atoms with E-state index in [1.165, 1.54) is 16.4 Å². The van der Waals surface area contributed by atoms with Crippen molar-refractivity contribution >= 4 is 17.7 Å². The Balaban J connectivity index is 1.46. The number of likely N-dealkylation sites (tertiary alicyclic amines) is 1. The number of nitrogen functional groups attached to an aromatic ring is 1. The standard InChI is InChI=1S/C19H25N5O3S/c1-26-13-7-8-16(27-2)14(10-13)15-4-3-9-23(15)17(25)11-28-19-22-21-18(24(19)20)12-5-6-12/h7-8,10,12,15H,3-6,9,11,20H2,1-2H3/t15-/m1/s1. The average molecular weight is 404 g/mol. The molecule has 1 aromatic carbocycles. The molecule has 28 heavy (non-hydrogen) atoms. The molecule has 8 nitrogen and oxygen atoms in total. The summed E-state index contributed by atoms with van der Waals surface area (Å²) in [7, 11) is 3.28. The predicted octanol–water partition coefficient (Wildman–Crippen LogP) is 2.34. The first-order valence-corrected chi connectivity index (χ1v) is 10.5. The van der Waals surface area contributed by atoms with Crippen LogP contribution < -0.4 is 15.3 Å². The number of methoxy groups -OCH3 is 2. The summed E-state index contributed by atoms with van der Waals surface area (Å²) < 4.78 is 12.4. The summed E-state index contributed by atoms with van der Waals surface area (Å²) in [6, 6.07) is 5.70. The number of hydrogen-bond acceptors (Lipinski definition) is 7. The molecule has 0 bridgehead atoms. The number of benzene rings is 1. The van der Waals surface area contributed by atoms with Crippen molar-refractivity contribution in [2.45, 2.75) is 42.8 Å². The maximum atomic E-state index is 13.0. The fourth-order valence-corrected chi connectivity index (χ4v) is 4.45. The minimum absolute atomic E-state index is 0.0177. The molecule has 1 aliphatic carbocycles. The van der Waals surface area contributed by atoms with Gasteiger partial charge in [-0.2, -0.15) is 0 Å². The molecule has 2 fully saturated rings. The smallest absolute Gasteiger partial charge is 0.233 e. The van der Waals surface area contributed by atoms with Gasteiger partial charge in [-0.05, 0) is 43.9 Å². The summed E-state index contributed by atoms with van der Waals surface area (Å²) in [6.45, 7) is 0.729. The van der Waals surface area contributed by atoms with Gasteiger partial charge in [0.15, 0.2) is 5.82 Å². The molecule has 1 saturated heterocycles. The van der Waals surface area contributed by atoms with E-state index in [0.29, 0.717) is 11.1 Å². The summed E-state index contributed by atoms with van der Waals surface area (Å²) >= 11 is 1.34. The monoisotopic (exact) mass is 403 g/mol. The maximum Gasteiger partial charge on any atom is 0.233 e. The molecule has 9 heteroatoms. The lowest BCUT2D eigenvalue weighted by atomic mass is 10.0. The number of carbonyl (C=O) groups excluding carboxylic acids is 1. The number of rotatable bonds is 7. The number of nitrogens with zero attached hydrogens (tertiary/aromatic N) is 4. The molecule has 2 N–H and O–H groups in total. The highest BCUT2D eigenvalue weighted by Gasteiger charge is 2.33. The molecule has 1 atom stereocenters. The fourth-order valence-electron chi connectivity index (χ4n) is 3.70. The molecule has 1 saturated carbocycles. The Morgan fingerprint density at radius 1 is 1.25 bits per heavy atom. The van der Waals surface area contributed by atoms with Crippen LogP contribution in [0.4, 0.5) is 0 Å². The molecule has 0 unspecified atom stereocenters. The summed E-state index contributed by atoms with van der Waals surface area (Å²) in [6.07, 6.45) is 4.08. The van der Waals surface area contributed by atoms with Gasteiger partial charge in [0.05, 0.1) is 26.0 Å². The van der Waals surface area contributed by atoms with E-state index in [1.807, 2.05) is 23.1 Å². The van der Waals surface area contributed by atoms with Crippen LogP contribution in [0.15, 0.2) is 23.4 Å². The molecular weight excluding hydrogens is 378 g/mol. The van der Waals surface area contributed by atoms with Crippen molar-refractivity contribution in [2.75, 3.05) is 32.4 Å². The van der Waals surface area contributed by atoms with Gasteiger partial charge in [-0.1, -0.05) is 11.8 Å². The number of thioether (sulfide) groups is 1. The fraction of sp³-hybridized carbons (Fsp3) is 0.526. The van der Waals surface area contributed by atoms with E-state index in [9.17, 15) is 4.79 Å². The molecule has 150 valence electrons. The summed E-state index contributed by atoms with van der Waals surface area (Å²) in [5.74, 6) is 9.20. The number of carbonyl (C=O) groups is 1. The second kappa shape index (κ2) is 7.90. The van der Waals surface area contributed by atoms with Gasteiger partial charge in [-0.15, -0.1) is 10.2 Å². The molecule has 2 aliphatic rings. The Hall–Kier alpha value is -2.42. The largest absolute Gasteiger partial charge is 0.497 e. The zero-order valence-corrected chi connectivity index (χ0v) is 16.9. The third-order valence-corrected chi connectivity index (χ3v) is 6.25. The van der Waals surface area contributed by atoms with Crippen LogP contribution in [0.3, 0.4) is 0 Å². The molecule has 0 spiro atoms. The highest BCUT2D eigenvalue weighted by Crippen LogP contribution is 2.40. The molecule has 1 aliphatic heterocycles. The second-order valence-electron chi connectivity index (χ2n) is 7.13. The van der Waals surface area contributed by atoms with Gasteiger partial charge in [0.2, 0.25) is 11.1 Å². The molecule has 2 aromatic rings. The summed E-state index contributed by atoms with van der Waals surface area (Å²) in [5.41, 5.74) is 0.982. The van der Waals surface area contributed by atoms with Crippen molar-refractivity contribution in [3.8, 4) is 11.5 Å². The van der Waals surface area contributed by atoms with Gasteiger partial charge in [0.1, 0.15) is 11.5 Å². The van der Waals surface area contributed by atoms with Crippen LogP contribution in [-0.2, 0) is 4.79 Å². The molecule has 1 aromatic heterocycles. The van der Waals surface area contributed by atoms with Gasteiger partial charge in [-0.25, -0.2) is 4.68 Å². The number of hydrogen-bond donors (Lipinski definition) is 1. The second-order valence-corrected chi connectivity index (χ2v) is 8.07. The van der Waals surface area contributed by atoms with Gasteiger partial charge in [0.25, 0.3) is 0 Å². The van der Waals surface area contributed by atoms with Crippen molar-refractivity contribution < 1.29 is 14.3 Å². The van der Waals surface area contributed by atoms with Crippen LogP contribution in [0.2, 0.25) is 0 Å². The third kappa shape index (κ3) is 3.63. The van der Waals surface area contributed by atoms with Gasteiger partial charge in [-0.3, -0.25) is 4.79 Å². The molecule has 0 radical (unpaired) electrons. The van der Waals surface area contributed by atoms with Crippen molar-refractivity contribution in [1.82, 2.24) is 19.8 Å². The zero-order valence-electron chi connectivity index (χ0n) is 16.1. The Morgan fingerprint density at radius 2 is 2.07 bits per heavy atom. The quantitative estimate of drug-likeness (QED) is 0.560. The highest BCUT2D eigenvalue weighted by molar-refractivity contribution is 7.99. The van der Waals surface area contributed by atoms with Crippen molar-refractivity contribution in [2.24, 2.45) is 0 Å². The minimum atomic E-state index is -0.0177. The topological polar surface area (TPSA) is 95.5 Å². The lowest BCUT2D eigenvalue weighted by Crippen LogP contribution is -2.32. The molecule has 1 amide bonds. The van der Waals surface area contributed by atoms with E-state index in [4.69, 9.17) is 15.3 Å². The Labute approximate surface area is 168 Å². The minimum Gasteiger partial charge on any atom is -0.497 e. The molecular formula is C19H25N5O3S. The third-order valence-electron chi connectivity index (χ3n) is 5.33. The Kier molecular flexibility index (Phi) is 5.34. The maximum absolute atomic E-state index is 13.0. The Bertz CT molecular complexity index is 867. The average Bonchev–Trinajstić information content (AvgIpc) is 3.32. The van der Waals surface area contributed by atoms with Crippen molar-refractivity contribution in [3.05, 3.63) is 29.6 Å². The van der Waals surface area contributed by atoms with Crippen molar-refractivity contribution in [3.63, 3.8) is 0 Å².